The Morgan fingerprint density at radius 2 is 1.46 bits per heavy atom. The van der Waals surface area contributed by atoms with Gasteiger partial charge in [-0.25, -0.2) is 0 Å². The van der Waals surface area contributed by atoms with Gasteiger partial charge in [0.25, 0.3) is 0 Å². The Labute approximate surface area is 90.2 Å². The van der Waals surface area contributed by atoms with E-state index in [1.165, 1.54) is 0 Å². The van der Waals surface area contributed by atoms with Crippen LogP contribution in [0.5, 0.6) is 0 Å². The maximum absolute atomic E-state index is 9.76. The molecule has 0 saturated heterocycles. The van der Waals surface area contributed by atoms with Crippen LogP contribution in [-0.2, 0) is 21.6 Å². The second-order valence-corrected chi connectivity index (χ2v) is 1.50. The number of rotatable bonds is 3. The summed E-state index contributed by atoms with van der Waals surface area (Å²) in [6, 6.07) is 0. The summed E-state index contributed by atoms with van der Waals surface area (Å²) in [4.78, 5) is 9.76. The third-order valence-electron chi connectivity index (χ3n) is 0.744. The van der Waals surface area contributed by atoms with E-state index in [1.807, 2.05) is 6.92 Å². The monoisotopic (exact) mass is 245 g/mol. The van der Waals surface area contributed by atoms with Crippen molar-refractivity contribution in [3.05, 3.63) is 6.15 Å². The molecule has 0 amide bonds. The Morgan fingerprint density at radius 3 is 1.54 bits per heavy atom. The SMILES string of the molecule is CCCCC(=O)O.N.N.N.N.[Co].[NH2-]. The van der Waals surface area contributed by atoms with Crippen LogP contribution < -0.4 is 24.6 Å². The van der Waals surface area contributed by atoms with Gasteiger partial charge in [0.1, 0.15) is 0 Å². The normalized spacial score (nSPS) is 4.69. The third-order valence-corrected chi connectivity index (χ3v) is 0.744. The van der Waals surface area contributed by atoms with E-state index in [2.05, 4.69) is 0 Å². The molecule has 0 aliphatic rings. The molecule has 0 aliphatic heterocycles. The number of carboxylic acids is 1. The molecule has 0 aliphatic carbocycles. The molecule has 91 valence electrons. The van der Waals surface area contributed by atoms with Gasteiger partial charge >= 0.3 is 5.97 Å². The first-order valence-electron chi connectivity index (χ1n) is 2.49. The van der Waals surface area contributed by atoms with Gasteiger partial charge in [0.05, 0.1) is 0 Å². The standard InChI is InChI=1S/C5H10O2.Co.4H3N.H2N/c1-2-3-4-5(6)7;;;;;;/h2-4H2,1H3,(H,6,7);;4*1H3;1H2/q;;;;;;-1. The molecular formula is C5H24CoN5O2-. The van der Waals surface area contributed by atoms with E-state index in [1.54, 1.807) is 0 Å². The molecular weight excluding hydrogens is 221 g/mol. The first kappa shape index (κ1) is 53.1. The van der Waals surface area contributed by atoms with Crippen molar-refractivity contribution in [2.45, 2.75) is 26.2 Å². The topological polar surface area (TPSA) is 211 Å². The van der Waals surface area contributed by atoms with Gasteiger partial charge in [0.2, 0.25) is 0 Å². The molecule has 0 spiro atoms. The molecule has 13 heavy (non-hydrogen) atoms. The van der Waals surface area contributed by atoms with Crippen molar-refractivity contribution in [3.63, 3.8) is 0 Å². The largest absolute Gasteiger partial charge is 0.693 e. The molecule has 0 rings (SSSR count). The average Bonchev–Trinajstić information content (AvgIpc) is 1.61. The molecule has 0 aromatic rings. The van der Waals surface area contributed by atoms with Crippen molar-refractivity contribution in [2.75, 3.05) is 0 Å². The van der Waals surface area contributed by atoms with Crippen LogP contribution in [0.2, 0.25) is 0 Å². The van der Waals surface area contributed by atoms with Crippen molar-refractivity contribution >= 4 is 5.97 Å². The Kier molecular flexibility index (Phi) is 167. The second kappa shape index (κ2) is 41.0. The maximum Gasteiger partial charge on any atom is 0.303 e. The molecule has 7 nitrogen and oxygen atoms in total. The number of carbonyl (C=O) groups is 1. The molecule has 8 heteroatoms. The summed E-state index contributed by atoms with van der Waals surface area (Å²) in [5.74, 6) is -0.693. The van der Waals surface area contributed by atoms with E-state index < -0.39 is 5.97 Å². The Bertz CT molecular complexity index is 75.9. The van der Waals surface area contributed by atoms with Crippen molar-refractivity contribution < 1.29 is 26.7 Å². The van der Waals surface area contributed by atoms with Gasteiger partial charge in [-0.05, 0) is 6.42 Å². The fourth-order valence-corrected chi connectivity index (χ4v) is 0.328. The van der Waals surface area contributed by atoms with E-state index in [0.717, 1.165) is 12.8 Å². The quantitative estimate of drug-likeness (QED) is 0.503. The van der Waals surface area contributed by atoms with E-state index in [9.17, 15) is 4.79 Å². The Morgan fingerprint density at radius 1 is 1.15 bits per heavy atom. The summed E-state index contributed by atoms with van der Waals surface area (Å²) in [7, 11) is 0. The first-order valence-corrected chi connectivity index (χ1v) is 2.49. The zero-order valence-electron chi connectivity index (χ0n) is 8.22. The predicted molar refractivity (Wildman–Crippen MR) is 52.5 cm³/mol. The minimum Gasteiger partial charge on any atom is -0.693 e. The summed E-state index contributed by atoms with van der Waals surface area (Å²) in [6.45, 7) is 1.98. The Hall–Kier alpha value is -0.224. The van der Waals surface area contributed by atoms with Gasteiger partial charge in [0.15, 0.2) is 0 Å². The summed E-state index contributed by atoms with van der Waals surface area (Å²) in [5, 5.41) is 8.04. The number of carboxylic acid groups (broad SMARTS) is 1. The third kappa shape index (κ3) is 78.9. The molecule has 0 aromatic heterocycles. The summed E-state index contributed by atoms with van der Waals surface area (Å²) >= 11 is 0. The number of unbranched alkanes of at least 4 members (excludes halogenated alkanes) is 1. The zero-order chi connectivity index (χ0) is 5.70. The van der Waals surface area contributed by atoms with Gasteiger partial charge in [-0.1, -0.05) is 13.3 Å². The van der Waals surface area contributed by atoms with Crippen LogP contribution in [0, 0.1) is 0 Å². The molecule has 0 saturated carbocycles. The minimum absolute atomic E-state index is 0. The van der Waals surface area contributed by atoms with Crippen LogP contribution >= 0.6 is 0 Å². The average molecular weight is 245 g/mol. The molecule has 0 atom stereocenters. The molecule has 15 N–H and O–H groups in total. The summed E-state index contributed by atoms with van der Waals surface area (Å²) < 4.78 is 0. The van der Waals surface area contributed by atoms with E-state index in [0.29, 0.717) is 6.42 Å². The molecule has 0 fully saturated rings. The van der Waals surface area contributed by atoms with Gasteiger partial charge in [-0.15, -0.1) is 0 Å². The molecule has 0 heterocycles. The second-order valence-electron chi connectivity index (χ2n) is 1.50. The maximum atomic E-state index is 9.76. The van der Waals surface area contributed by atoms with Crippen LogP contribution in [0.15, 0.2) is 0 Å². The fourth-order valence-electron chi connectivity index (χ4n) is 0.328. The summed E-state index contributed by atoms with van der Waals surface area (Å²) in [5.41, 5.74) is 0. The zero-order valence-corrected chi connectivity index (χ0v) is 9.26. The van der Waals surface area contributed by atoms with Crippen LogP contribution in [0.3, 0.4) is 0 Å². The minimum atomic E-state index is -0.693. The van der Waals surface area contributed by atoms with Crippen molar-refractivity contribution in [2.24, 2.45) is 0 Å². The van der Waals surface area contributed by atoms with Crippen molar-refractivity contribution in [1.29, 1.82) is 0 Å². The summed E-state index contributed by atoms with van der Waals surface area (Å²) in [6.07, 6.45) is 2.08. The molecule has 0 unspecified atom stereocenters. The van der Waals surface area contributed by atoms with Gasteiger partial charge in [-0.3, -0.25) is 4.79 Å². The molecule has 0 bridgehead atoms. The van der Waals surface area contributed by atoms with Crippen molar-refractivity contribution in [1.82, 2.24) is 24.6 Å². The van der Waals surface area contributed by atoms with Crippen molar-refractivity contribution in [3.8, 4) is 0 Å². The molecule has 1 radical (unpaired) electrons. The number of aliphatic carboxylic acids is 1. The van der Waals surface area contributed by atoms with Crippen LogP contribution in [0.25, 0.3) is 6.15 Å². The molecule has 0 aromatic carbocycles. The van der Waals surface area contributed by atoms with E-state index >= 15 is 0 Å². The van der Waals surface area contributed by atoms with Crippen LogP contribution in [-0.4, -0.2) is 11.1 Å². The predicted octanol–water partition coefficient (Wildman–Crippen LogP) is 2.62. The fraction of sp³-hybridized carbons (Fsp3) is 0.800. The van der Waals surface area contributed by atoms with Gasteiger partial charge in [-0.2, -0.15) is 0 Å². The van der Waals surface area contributed by atoms with Gasteiger partial charge < -0.3 is 35.9 Å². The number of nitrogens with two attached hydrogens (primary N) is 1. The first-order chi connectivity index (χ1) is 3.27. The van der Waals surface area contributed by atoms with E-state index in [4.69, 9.17) is 5.11 Å². The van der Waals surface area contributed by atoms with E-state index in [-0.39, 0.29) is 47.5 Å². The smallest absolute Gasteiger partial charge is 0.303 e. The number of hydrogen-bond donors (Lipinski definition) is 5. The van der Waals surface area contributed by atoms with Gasteiger partial charge in [0, 0.05) is 23.2 Å². The van der Waals surface area contributed by atoms with Crippen LogP contribution in [0.4, 0.5) is 0 Å². The number of hydrogen-bond acceptors (Lipinski definition) is 5. The Balaban J connectivity index is -0.0000000120. The van der Waals surface area contributed by atoms with Crippen LogP contribution in [0.1, 0.15) is 26.2 Å².